The maximum absolute atomic E-state index is 4.47. The van der Waals surface area contributed by atoms with E-state index in [2.05, 4.69) is 32.7 Å². The molecule has 1 aromatic rings. The maximum Gasteiger partial charge on any atom is 0.0933 e. The van der Waals surface area contributed by atoms with Crippen LogP contribution < -0.4 is 0 Å². The molecule has 2 heteroatoms. The van der Waals surface area contributed by atoms with Crippen molar-refractivity contribution < 1.29 is 0 Å². The molecule has 0 unspecified atom stereocenters. The number of aromatic nitrogens is 1. The first-order chi connectivity index (χ1) is 6.09. The van der Waals surface area contributed by atoms with Crippen LogP contribution in [0.2, 0.25) is 0 Å². The van der Waals surface area contributed by atoms with Crippen molar-refractivity contribution in [1.29, 1.82) is 0 Å². The van der Waals surface area contributed by atoms with E-state index in [9.17, 15) is 0 Å². The largest absolute Gasteiger partial charge is 0.246 e. The zero-order valence-electron chi connectivity index (χ0n) is 9.64. The average molecular weight is 199 g/mol. The fourth-order valence-corrected chi connectivity index (χ4v) is 2.12. The van der Waals surface area contributed by atoms with Crippen LogP contribution in [0.5, 0.6) is 0 Å². The topological polar surface area (TPSA) is 12.9 Å². The number of hydrogen-bond acceptors (Lipinski definition) is 2. The Morgan fingerprint density at radius 2 is 1.77 bits per heavy atom. The first kappa shape index (κ1) is 12.6. The van der Waals surface area contributed by atoms with E-state index in [1.54, 1.807) is 0 Å². The van der Waals surface area contributed by atoms with Crippen LogP contribution in [0.25, 0.3) is 0 Å². The quantitative estimate of drug-likeness (QED) is 0.702. The summed E-state index contributed by atoms with van der Waals surface area (Å²) >= 11 is 1.83. The van der Waals surface area contributed by atoms with Crippen LogP contribution >= 0.6 is 11.3 Å². The molecule has 0 atom stereocenters. The summed E-state index contributed by atoms with van der Waals surface area (Å²) in [5, 5.41) is 1.29. The van der Waals surface area contributed by atoms with E-state index < -0.39 is 0 Å². The van der Waals surface area contributed by atoms with Crippen molar-refractivity contribution in [1.82, 2.24) is 4.98 Å². The van der Waals surface area contributed by atoms with Crippen LogP contribution in [0.3, 0.4) is 0 Å². The molecule has 13 heavy (non-hydrogen) atoms. The first-order valence-electron chi connectivity index (χ1n) is 5.02. The molecular weight excluding hydrogens is 178 g/mol. The molecule has 1 aromatic heterocycles. The van der Waals surface area contributed by atoms with Gasteiger partial charge < -0.3 is 0 Å². The van der Waals surface area contributed by atoms with Crippen molar-refractivity contribution in [2.45, 2.75) is 48.0 Å². The predicted octanol–water partition coefficient (Wildman–Crippen LogP) is 3.98. The lowest BCUT2D eigenvalue weighted by Gasteiger charge is -1.97. The van der Waals surface area contributed by atoms with Crippen LogP contribution in [-0.4, -0.2) is 4.98 Å². The first-order valence-corrected chi connectivity index (χ1v) is 5.84. The standard InChI is InChI=1S/C9H15NS.C2H6/c1-6(2)5-9-10-7(3)8(4)11-9;1-2/h6H,5H2,1-4H3;1-2H3. The second-order valence-electron chi connectivity index (χ2n) is 3.35. The van der Waals surface area contributed by atoms with Gasteiger partial charge in [-0.3, -0.25) is 0 Å². The van der Waals surface area contributed by atoms with Crippen molar-refractivity contribution in [3.63, 3.8) is 0 Å². The molecule has 0 saturated heterocycles. The van der Waals surface area contributed by atoms with E-state index in [1.807, 2.05) is 25.2 Å². The Morgan fingerprint density at radius 3 is 2.08 bits per heavy atom. The highest BCUT2D eigenvalue weighted by Crippen LogP contribution is 2.18. The van der Waals surface area contributed by atoms with Gasteiger partial charge in [0.25, 0.3) is 0 Å². The molecule has 0 radical (unpaired) electrons. The number of rotatable bonds is 2. The molecule has 0 aliphatic heterocycles. The normalized spacial score (nSPS) is 9.77. The monoisotopic (exact) mass is 199 g/mol. The molecule has 0 amide bonds. The van der Waals surface area contributed by atoms with Crippen molar-refractivity contribution in [2.24, 2.45) is 5.92 Å². The highest BCUT2D eigenvalue weighted by atomic mass is 32.1. The van der Waals surface area contributed by atoms with E-state index in [0.717, 1.165) is 12.3 Å². The summed E-state index contributed by atoms with van der Waals surface area (Å²) < 4.78 is 0. The van der Waals surface area contributed by atoms with Crippen molar-refractivity contribution >= 4 is 11.3 Å². The molecule has 1 heterocycles. The number of thiazole rings is 1. The van der Waals surface area contributed by atoms with Crippen LogP contribution in [0.1, 0.15) is 43.3 Å². The molecule has 0 bridgehead atoms. The number of aryl methyl sites for hydroxylation is 2. The number of hydrogen-bond donors (Lipinski definition) is 0. The molecule has 0 aromatic carbocycles. The van der Waals surface area contributed by atoms with E-state index in [-0.39, 0.29) is 0 Å². The summed E-state index contributed by atoms with van der Waals surface area (Å²) in [6, 6.07) is 0. The molecule has 0 saturated carbocycles. The zero-order valence-corrected chi connectivity index (χ0v) is 10.5. The van der Waals surface area contributed by atoms with Gasteiger partial charge in [-0.15, -0.1) is 11.3 Å². The molecular formula is C11H21NS. The van der Waals surface area contributed by atoms with Crippen molar-refractivity contribution in [2.75, 3.05) is 0 Å². The summed E-state index contributed by atoms with van der Waals surface area (Å²) in [6.07, 6.45) is 1.12. The summed E-state index contributed by atoms with van der Waals surface area (Å²) in [6.45, 7) is 12.7. The van der Waals surface area contributed by atoms with Crippen LogP contribution in [0.4, 0.5) is 0 Å². The Balaban J connectivity index is 0.000000671. The van der Waals surface area contributed by atoms with Crippen molar-refractivity contribution in [3.05, 3.63) is 15.6 Å². The molecule has 0 fully saturated rings. The maximum atomic E-state index is 4.47. The predicted molar refractivity (Wildman–Crippen MR) is 61.5 cm³/mol. The van der Waals surface area contributed by atoms with Gasteiger partial charge in [-0.1, -0.05) is 27.7 Å². The Labute approximate surface area is 86.2 Å². The Morgan fingerprint density at radius 1 is 1.23 bits per heavy atom. The van der Waals surface area contributed by atoms with E-state index in [4.69, 9.17) is 0 Å². The van der Waals surface area contributed by atoms with Gasteiger partial charge in [0, 0.05) is 11.3 Å². The second-order valence-corrected chi connectivity index (χ2v) is 4.63. The highest BCUT2D eigenvalue weighted by molar-refractivity contribution is 7.11. The lowest BCUT2D eigenvalue weighted by atomic mass is 10.1. The van der Waals surface area contributed by atoms with Gasteiger partial charge in [0.1, 0.15) is 0 Å². The van der Waals surface area contributed by atoms with Crippen LogP contribution in [-0.2, 0) is 6.42 Å². The van der Waals surface area contributed by atoms with Gasteiger partial charge in [-0.25, -0.2) is 4.98 Å². The van der Waals surface area contributed by atoms with Gasteiger partial charge in [0.05, 0.1) is 10.7 Å². The lowest BCUT2D eigenvalue weighted by Crippen LogP contribution is -1.92. The van der Waals surface area contributed by atoms with E-state index in [0.29, 0.717) is 0 Å². The van der Waals surface area contributed by atoms with E-state index >= 15 is 0 Å². The van der Waals surface area contributed by atoms with Crippen molar-refractivity contribution in [3.8, 4) is 0 Å². The summed E-state index contributed by atoms with van der Waals surface area (Å²) in [7, 11) is 0. The lowest BCUT2D eigenvalue weighted by molar-refractivity contribution is 0.643. The molecule has 76 valence electrons. The second kappa shape index (κ2) is 6.14. The third kappa shape index (κ3) is 4.41. The fourth-order valence-electron chi connectivity index (χ4n) is 0.976. The van der Waals surface area contributed by atoms with E-state index in [1.165, 1.54) is 15.6 Å². The van der Waals surface area contributed by atoms with Gasteiger partial charge in [0.15, 0.2) is 0 Å². The van der Waals surface area contributed by atoms with Crippen LogP contribution in [0.15, 0.2) is 0 Å². The summed E-state index contributed by atoms with van der Waals surface area (Å²) in [5.74, 6) is 0.722. The highest BCUT2D eigenvalue weighted by Gasteiger charge is 2.04. The molecule has 1 nitrogen and oxygen atoms in total. The number of nitrogens with zero attached hydrogens (tertiary/aromatic N) is 1. The smallest absolute Gasteiger partial charge is 0.0933 e. The molecule has 0 aliphatic carbocycles. The molecule has 0 spiro atoms. The summed E-state index contributed by atoms with van der Waals surface area (Å²) in [5.41, 5.74) is 1.20. The molecule has 0 aliphatic rings. The third-order valence-electron chi connectivity index (χ3n) is 1.66. The summed E-state index contributed by atoms with van der Waals surface area (Å²) in [4.78, 5) is 5.83. The van der Waals surface area contributed by atoms with Gasteiger partial charge in [-0.05, 0) is 19.8 Å². The Kier molecular flexibility index (Phi) is 5.97. The van der Waals surface area contributed by atoms with Crippen LogP contribution in [0, 0.1) is 19.8 Å². The average Bonchev–Trinajstić information content (AvgIpc) is 2.34. The van der Waals surface area contributed by atoms with Gasteiger partial charge in [0.2, 0.25) is 0 Å². The minimum atomic E-state index is 0.722. The zero-order chi connectivity index (χ0) is 10.4. The Bertz CT molecular complexity index is 219. The molecule has 1 rings (SSSR count). The van der Waals surface area contributed by atoms with Gasteiger partial charge in [-0.2, -0.15) is 0 Å². The third-order valence-corrected chi connectivity index (χ3v) is 2.75. The fraction of sp³-hybridized carbons (Fsp3) is 0.727. The SMILES string of the molecule is CC.Cc1nc(CC(C)C)sc1C. The minimum Gasteiger partial charge on any atom is -0.246 e. The molecule has 0 N–H and O–H groups in total. The minimum absolute atomic E-state index is 0.722. The Hall–Kier alpha value is -0.370. The van der Waals surface area contributed by atoms with Gasteiger partial charge >= 0.3 is 0 Å².